The van der Waals surface area contributed by atoms with Crippen LogP contribution in [0.4, 0.5) is 5.69 Å². The van der Waals surface area contributed by atoms with Gasteiger partial charge >= 0.3 is 5.97 Å². The normalized spacial score (nSPS) is 10.6. The van der Waals surface area contributed by atoms with Crippen LogP contribution in [0.1, 0.15) is 17.3 Å². The van der Waals surface area contributed by atoms with E-state index in [4.69, 9.17) is 16.3 Å². The molecule has 0 saturated carbocycles. The summed E-state index contributed by atoms with van der Waals surface area (Å²) in [5, 5.41) is 10.9. The molecule has 21 heavy (non-hydrogen) atoms. The SMILES string of the molecule is CCOC(=O)c1c(Cl)c2cc([N+](=O)[O-])ccc2n(C)c1=O. The first-order valence-electron chi connectivity index (χ1n) is 6.02. The highest BCUT2D eigenvalue weighted by Crippen LogP contribution is 2.28. The summed E-state index contributed by atoms with van der Waals surface area (Å²) in [6, 6.07) is 3.90. The number of pyridine rings is 1. The van der Waals surface area contributed by atoms with Crippen molar-refractivity contribution in [3.63, 3.8) is 0 Å². The molecular formula is C13H11ClN2O5. The lowest BCUT2D eigenvalue weighted by Gasteiger charge is -2.10. The maximum absolute atomic E-state index is 12.2. The average Bonchev–Trinajstić information content (AvgIpc) is 2.44. The Morgan fingerprint density at radius 3 is 2.71 bits per heavy atom. The molecule has 8 heteroatoms. The number of hydrogen-bond acceptors (Lipinski definition) is 5. The molecule has 2 aromatic rings. The van der Waals surface area contributed by atoms with Crippen LogP contribution >= 0.6 is 11.6 Å². The van der Waals surface area contributed by atoms with E-state index in [0.29, 0.717) is 5.52 Å². The Hall–Kier alpha value is -2.41. The summed E-state index contributed by atoms with van der Waals surface area (Å²) in [7, 11) is 1.45. The number of carbonyl (C=O) groups is 1. The summed E-state index contributed by atoms with van der Waals surface area (Å²) < 4.78 is 6.01. The van der Waals surface area contributed by atoms with Crippen molar-refractivity contribution < 1.29 is 14.5 Å². The molecule has 1 aromatic carbocycles. The molecule has 1 aromatic heterocycles. The lowest BCUT2D eigenvalue weighted by atomic mass is 10.1. The third-order valence-electron chi connectivity index (χ3n) is 3.01. The summed E-state index contributed by atoms with van der Waals surface area (Å²) >= 11 is 6.09. The van der Waals surface area contributed by atoms with Gasteiger partial charge in [0.2, 0.25) is 0 Å². The fourth-order valence-electron chi connectivity index (χ4n) is 1.99. The number of carbonyl (C=O) groups excluding carboxylic acids is 1. The summed E-state index contributed by atoms with van der Waals surface area (Å²) in [6.07, 6.45) is 0. The largest absolute Gasteiger partial charge is 0.462 e. The summed E-state index contributed by atoms with van der Waals surface area (Å²) in [5.41, 5.74) is -0.727. The molecule has 0 spiro atoms. The number of benzene rings is 1. The van der Waals surface area contributed by atoms with Gasteiger partial charge in [-0.15, -0.1) is 0 Å². The van der Waals surface area contributed by atoms with Crippen LogP contribution in [0.2, 0.25) is 5.02 Å². The van der Waals surface area contributed by atoms with E-state index >= 15 is 0 Å². The topological polar surface area (TPSA) is 91.4 Å². The quantitative estimate of drug-likeness (QED) is 0.492. The number of nitrogens with zero attached hydrogens (tertiary/aromatic N) is 2. The molecule has 0 fully saturated rings. The predicted octanol–water partition coefficient (Wildman–Crippen LogP) is 2.28. The van der Waals surface area contributed by atoms with Gasteiger partial charge in [0.1, 0.15) is 5.56 Å². The van der Waals surface area contributed by atoms with Crippen molar-refractivity contribution in [2.24, 2.45) is 7.05 Å². The molecule has 2 rings (SSSR count). The lowest BCUT2D eigenvalue weighted by Crippen LogP contribution is -2.26. The first kappa shape index (κ1) is 15.0. The van der Waals surface area contributed by atoms with Gasteiger partial charge in [0.05, 0.1) is 22.1 Å². The standard InChI is InChI=1S/C13H11ClN2O5/c1-3-21-13(18)10-11(14)8-6-7(16(19)20)4-5-9(8)15(2)12(10)17/h4-6H,3H2,1-2H3. The molecule has 110 valence electrons. The fourth-order valence-corrected chi connectivity index (χ4v) is 2.30. The number of esters is 1. The van der Waals surface area contributed by atoms with E-state index in [1.165, 1.54) is 29.8 Å². The Labute approximate surface area is 123 Å². The number of nitro groups is 1. The zero-order valence-electron chi connectivity index (χ0n) is 11.3. The lowest BCUT2D eigenvalue weighted by molar-refractivity contribution is -0.384. The molecule has 0 aliphatic rings. The molecule has 0 saturated heterocycles. The molecule has 0 aliphatic carbocycles. The number of nitro benzene ring substituents is 1. The second-order valence-electron chi connectivity index (χ2n) is 4.23. The molecule has 0 radical (unpaired) electrons. The van der Waals surface area contributed by atoms with E-state index < -0.39 is 16.5 Å². The zero-order chi connectivity index (χ0) is 15.7. The minimum Gasteiger partial charge on any atom is -0.462 e. The van der Waals surface area contributed by atoms with Crippen LogP contribution in [0.3, 0.4) is 0 Å². The van der Waals surface area contributed by atoms with E-state index in [2.05, 4.69) is 0 Å². The Morgan fingerprint density at radius 2 is 2.14 bits per heavy atom. The van der Waals surface area contributed by atoms with Crippen LogP contribution in [-0.4, -0.2) is 22.1 Å². The first-order chi connectivity index (χ1) is 9.88. The van der Waals surface area contributed by atoms with Crippen molar-refractivity contribution in [2.75, 3.05) is 6.61 Å². The molecule has 1 heterocycles. The molecule has 0 bridgehead atoms. The molecule has 0 N–H and O–H groups in total. The summed E-state index contributed by atoms with van der Waals surface area (Å²) in [4.78, 5) is 34.3. The number of ether oxygens (including phenoxy) is 1. The van der Waals surface area contributed by atoms with Crippen LogP contribution in [0.5, 0.6) is 0 Å². The number of hydrogen-bond donors (Lipinski definition) is 0. The molecule has 0 amide bonds. The van der Waals surface area contributed by atoms with Crippen LogP contribution in [0, 0.1) is 10.1 Å². The molecule has 0 aliphatic heterocycles. The van der Waals surface area contributed by atoms with E-state index in [1.807, 2.05) is 0 Å². The number of aryl methyl sites for hydroxylation is 1. The summed E-state index contributed by atoms with van der Waals surface area (Å²) in [5.74, 6) is -0.850. The van der Waals surface area contributed by atoms with E-state index in [1.54, 1.807) is 6.92 Å². The van der Waals surface area contributed by atoms with Crippen LogP contribution in [0.15, 0.2) is 23.0 Å². The predicted molar refractivity (Wildman–Crippen MR) is 76.8 cm³/mol. The van der Waals surface area contributed by atoms with Crippen molar-refractivity contribution in [1.29, 1.82) is 0 Å². The van der Waals surface area contributed by atoms with Crippen LogP contribution in [-0.2, 0) is 11.8 Å². The maximum Gasteiger partial charge on any atom is 0.345 e. The van der Waals surface area contributed by atoms with Crippen LogP contribution < -0.4 is 5.56 Å². The Balaban J connectivity index is 2.85. The minimum atomic E-state index is -0.850. The van der Waals surface area contributed by atoms with Gasteiger partial charge in [0, 0.05) is 24.6 Å². The number of halogens is 1. The van der Waals surface area contributed by atoms with Gasteiger partial charge in [0.25, 0.3) is 11.2 Å². The third-order valence-corrected chi connectivity index (χ3v) is 3.40. The van der Waals surface area contributed by atoms with Crippen molar-refractivity contribution in [3.8, 4) is 0 Å². The second-order valence-corrected chi connectivity index (χ2v) is 4.61. The van der Waals surface area contributed by atoms with E-state index in [-0.39, 0.29) is 28.3 Å². The van der Waals surface area contributed by atoms with Gasteiger partial charge in [-0.2, -0.15) is 0 Å². The van der Waals surface area contributed by atoms with Crippen molar-refractivity contribution in [2.45, 2.75) is 6.92 Å². The van der Waals surface area contributed by atoms with Gasteiger partial charge < -0.3 is 9.30 Å². The van der Waals surface area contributed by atoms with Gasteiger partial charge in [0.15, 0.2) is 0 Å². The first-order valence-corrected chi connectivity index (χ1v) is 6.40. The maximum atomic E-state index is 12.2. The van der Waals surface area contributed by atoms with Crippen molar-refractivity contribution in [1.82, 2.24) is 4.57 Å². The second kappa shape index (κ2) is 5.53. The Morgan fingerprint density at radius 1 is 1.48 bits per heavy atom. The van der Waals surface area contributed by atoms with E-state index in [9.17, 15) is 19.7 Å². The number of non-ortho nitro benzene ring substituents is 1. The van der Waals surface area contributed by atoms with Gasteiger partial charge in [-0.1, -0.05) is 11.6 Å². The van der Waals surface area contributed by atoms with Gasteiger partial charge in [-0.05, 0) is 13.0 Å². The van der Waals surface area contributed by atoms with Gasteiger partial charge in [-0.3, -0.25) is 14.9 Å². The van der Waals surface area contributed by atoms with Crippen molar-refractivity contribution in [3.05, 3.63) is 49.3 Å². The van der Waals surface area contributed by atoms with Crippen molar-refractivity contribution >= 4 is 34.2 Å². The smallest absolute Gasteiger partial charge is 0.345 e. The third kappa shape index (κ3) is 2.47. The summed E-state index contributed by atoms with van der Waals surface area (Å²) in [6.45, 7) is 1.69. The Bertz CT molecular complexity index is 812. The zero-order valence-corrected chi connectivity index (χ0v) is 12.0. The van der Waals surface area contributed by atoms with Crippen LogP contribution in [0.25, 0.3) is 10.9 Å². The highest BCUT2D eigenvalue weighted by atomic mass is 35.5. The van der Waals surface area contributed by atoms with Gasteiger partial charge in [-0.25, -0.2) is 4.79 Å². The number of rotatable bonds is 3. The molecular weight excluding hydrogens is 300 g/mol. The van der Waals surface area contributed by atoms with E-state index in [0.717, 1.165) is 0 Å². The molecule has 7 nitrogen and oxygen atoms in total. The molecule has 0 atom stereocenters. The fraction of sp³-hybridized carbons (Fsp3) is 0.231. The highest BCUT2D eigenvalue weighted by Gasteiger charge is 2.22. The minimum absolute atomic E-state index is 0.0886. The number of aromatic nitrogens is 1. The number of fused-ring (bicyclic) bond motifs is 1. The average molecular weight is 311 g/mol. The monoisotopic (exact) mass is 310 g/mol. The molecule has 0 unspecified atom stereocenters. The Kier molecular flexibility index (Phi) is 3.95. The highest BCUT2D eigenvalue weighted by molar-refractivity contribution is 6.38.